The minimum absolute atomic E-state index is 0.992. The second kappa shape index (κ2) is 6.80. The van der Waals surface area contributed by atoms with E-state index in [-0.39, 0.29) is 0 Å². The zero-order chi connectivity index (χ0) is 11.9. The molecular weight excluding hydrogens is 210 g/mol. The predicted molar refractivity (Wildman–Crippen MR) is 71.0 cm³/mol. The molecular formula is C14H25N3. The lowest BCUT2D eigenvalue weighted by Crippen LogP contribution is -2.23. The zero-order valence-corrected chi connectivity index (χ0v) is 11.0. The van der Waals surface area contributed by atoms with E-state index in [2.05, 4.69) is 28.0 Å². The minimum Gasteiger partial charge on any atom is -0.334 e. The molecule has 1 aromatic rings. The number of nitrogens with zero attached hydrogens (tertiary/aromatic N) is 2. The van der Waals surface area contributed by atoms with Crippen molar-refractivity contribution in [1.29, 1.82) is 0 Å². The Morgan fingerprint density at radius 2 is 2.12 bits per heavy atom. The smallest absolute Gasteiger partial charge is 0.105 e. The number of aryl methyl sites for hydroxylation is 1. The van der Waals surface area contributed by atoms with Crippen LogP contribution in [-0.2, 0) is 6.54 Å². The summed E-state index contributed by atoms with van der Waals surface area (Å²) in [5, 5.41) is 3.55. The second-order valence-corrected chi connectivity index (χ2v) is 5.21. The summed E-state index contributed by atoms with van der Waals surface area (Å²) in [5.41, 5.74) is 0. The maximum atomic E-state index is 4.22. The van der Waals surface area contributed by atoms with E-state index in [1.807, 2.05) is 6.20 Å². The van der Waals surface area contributed by atoms with Crippen molar-refractivity contribution in [1.82, 2.24) is 14.9 Å². The van der Waals surface area contributed by atoms with Gasteiger partial charge in [-0.15, -0.1) is 0 Å². The lowest BCUT2D eigenvalue weighted by atomic mass is 9.87. The van der Waals surface area contributed by atoms with Gasteiger partial charge in [0.2, 0.25) is 0 Å². The van der Waals surface area contributed by atoms with E-state index in [9.17, 15) is 0 Å². The molecule has 96 valence electrons. The van der Waals surface area contributed by atoms with E-state index in [1.54, 1.807) is 0 Å². The molecule has 0 bridgehead atoms. The Morgan fingerprint density at radius 1 is 1.29 bits per heavy atom. The number of imidazole rings is 1. The van der Waals surface area contributed by atoms with Crippen molar-refractivity contribution in [2.24, 2.45) is 5.92 Å². The first-order valence-corrected chi connectivity index (χ1v) is 7.05. The first kappa shape index (κ1) is 12.6. The topological polar surface area (TPSA) is 29.9 Å². The summed E-state index contributed by atoms with van der Waals surface area (Å²) in [5.74, 6) is 2.10. The second-order valence-electron chi connectivity index (χ2n) is 5.21. The fourth-order valence-corrected chi connectivity index (χ4v) is 2.75. The first-order chi connectivity index (χ1) is 8.36. The molecule has 0 unspecified atom stereocenters. The maximum Gasteiger partial charge on any atom is 0.105 e. The Bertz CT molecular complexity index is 313. The van der Waals surface area contributed by atoms with Gasteiger partial charge in [0.15, 0.2) is 0 Å². The molecule has 1 aliphatic carbocycles. The van der Waals surface area contributed by atoms with E-state index < -0.39 is 0 Å². The summed E-state index contributed by atoms with van der Waals surface area (Å²) in [6, 6.07) is 0. The van der Waals surface area contributed by atoms with Gasteiger partial charge in [-0.3, -0.25) is 0 Å². The Hall–Kier alpha value is -0.830. The lowest BCUT2D eigenvalue weighted by molar-refractivity contribution is 0.333. The number of rotatable bonds is 6. The molecule has 0 aliphatic heterocycles. The van der Waals surface area contributed by atoms with Crippen molar-refractivity contribution >= 4 is 0 Å². The van der Waals surface area contributed by atoms with Gasteiger partial charge < -0.3 is 9.88 Å². The number of nitrogens with one attached hydrogen (secondary N) is 1. The van der Waals surface area contributed by atoms with Crippen LogP contribution in [0.3, 0.4) is 0 Å². The molecule has 1 N–H and O–H groups in total. The largest absolute Gasteiger partial charge is 0.334 e. The van der Waals surface area contributed by atoms with Gasteiger partial charge in [0.1, 0.15) is 5.82 Å². The van der Waals surface area contributed by atoms with Crippen molar-refractivity contribution in [3.63, 3.8) is 0 Å². The van der Waals surface area contributed by atoms with E-state index in [4.69, 9.17) is 0 Å². The van der Waals surface area contributed by atoms with E-state index >= 15 is 0 Å². The van der Waals surface area contributed by atoms with Gasteiger partial charge in [-0.1, -0.05) is 32.1 Å². The summed E-state index contributed by atoms with van der Waals surface area (Å²) in [7, 11) is 0. The molecule has 0 aromatic carbocycles. The van der Waals surface area contributed by atoms with Crippen LogP contribution in [0.5, 0.6) is 0 Å². The highest BCUT2D eigenvalue weighted by molar-refractivity contribution is 4.88. The van der Waals surface area contributed by atoms with Gasteiger partial charge >= 0.3 is 0 Å². The summed E-state index contributed by atoms with van der Waals surface area (Å²) in [6.45, 7) is 5.33. The molecule has 3 nitrogen and oxygen atoms in total. The van der Waals surface area contributed by atoms with E-state index in [0.29, 0.717) is 0 Å². The van der Waals surface area contributed by atoms with Crippen LogP contribution in [0.25, 0.3) is 0 Å². The lowest BCUT2D eigenvalue weighted by Gasteiger charge is -2.21. The zero-order valence-electron chi connectivity index (χ0n) is 11.0. The highest BCUT2D eigenvalue weighted by Gasteiger charge is 2.12. The predicted octanol–water partition coefficient (Wildman–Crippen LogP) is 2.75. The van der Waals surface area contributed by atoms with Crippen molar-refractivity contribution in [3.8, 4) is 0 Å². The third kappa shape index (κ3) is 4.15. The van der Waals surface area contributed by atoms with Crippen LogP contribution in [-0.4, -0.2) is 22.6 Å². The summed E-state index contributed by atoms with van der Waals surface area (Å²) in [4.78, 5) is 4.22. The fraction of sp³-hybridized carbons (Fsp3) is 0.786. The normalized spacial score (nSPS) is 17.5. The number of aromatic nitrogens is 2. The van der Waals surface area contributed by atoms with Gasteiger partial charge in [-0.25, -0.2) is 4.98 Å². The molecule has 0 atom stereocenters. The Kier molecular flexibility index (Phi) is 5.05. The highest BCUT2D eigenvalue weighted by atomic mass is 15.1. The SMILES string of the molecule is Cc1nccn1CCNCCC1CCCCC1. The summed E-state index contributed by atoms with van der Waals surface area (Å²) in [6.07, 6.45) is 12.6. The molecule has 1 fully saturated rings. The van der Waals surface area contributed by atoms with Gasteiger partial charge in [-0.05, 0) is 25.8 Å². The van der Waals surface area contributed by atoms with Gasteiger partial charge in [0, 0.05) is 25.5 Å². The van der Waals surface area contributed by atoms with Gasteiger partial charge in [-0.2, -0.15) is 0 Å². The molecule has 2 rings (SSSR count). The Labute approximate surface area is 105 Å². The standard InChI is InChI=1S/C14H25N3/c1-13-16-10-12-17(13)11-9-15-8-7-14-5-3-2-4-6-14/h10,12,14-15H,2-9,11H2,1H3. The van der Waals surface area contributed by atoms with E-state index in [0.717, 1.165) is 24.8 Å². The molecule has 1 heterocycles. The molecule has 0 amide bonds. The molecule has 1 saturated carbocycles. The first-order valence-electron chi connectivity index (χ1n) is 7.05. The maximum absolute atomic E-state index is 4.22. The molecule has 1 aromatic heterocycles. The average Bonchev–Trinajstić information content (AvgIpc) is 2.76. The molecule has 0 radical (unpaired) electrons. The molecule has 17 heavy (non-hydrogen) atoms. The summed E-state index contributed by atoms with van der Waals surface area (Å²) < 4.78 is 2.20. The van der Waals surface area contributed by atoms with Crippen LogP contribution >= 0.6 is 0 Å². The molecule has 3 heteroatoms. The minimum atomic E-state index is 0.992. The third-order valence-corrected chi connectivity index (χ3v) is 3.91. The molecule has 0 saturated heterocycles. The monoisotopic (exact) mass is 235 g/mol. The molecule has 1 aliphatic rings. The number of hydrogen-bond donors (Lipinski definition) is 1. The number of hydrogen-bond acceptors (Lipinski definition) is 2. The quantitative estimate of drug-likeness (QED) is 0.768. The molecule has 0 spiro atoms. The van der Waals surface area contributed by atoms with Crippen molar-refractivity contribution in [2.45, 2.75) is 52.0 Å². The van der Waals surface area contributed by atoms with Crippen LogP contribution in [0, 0.1) is 12.8 Å². The van der Waals surface area contributed by atoms with Crippen LogP contribution < -0.4 is 5.32 Å². The van der Waals surface area contributed by atoms with Gasteiger partial charge in [0.25, 0.3) is 0 Å². The van der Waals surface area contributed by atoms with Crippen molar-refractivity contribution in [2.75, 3.05) is 13.1 Å². The highest BCUT2D eigenvalue weighted by Crippen LogP contribution is 2.25. The third-order valence-electron chi connectivity index (χ3n) is 3.91. The fourth-order valence-electron chi connectivity index (χ4n) is 2.75. The van der Waals surface area contributed by atoms with Crippen LogP contribution in [0.2, 0.25) is 0 Å². The van der Waals surface area contributed by atoms with Crippen molar-refractivity contribution < 1.29 is 0 Å². The van der Waals surface area contributed by atoms with E-state index in [1.165, 1.54) is 45.1 Å². The van der Waals surface area contributed by atoms with Crippen LogP contribution in [0.4, 0.5) is 0 Å². The average molecular weight is 235 g/mol. The van der Waals surface area contributed by atoms with Gasteiger partial charge in [0.05, 0.1) is 0 Å². The summed E-state index contributed by atoms with van der Waals surface area (Å²) >= 11 is 0. The van der Waals surface area contributed by atoms with Crippen LogP contribution in [0.15, 0.2) is 12.4 Å². The van der Waals surface area contributed by atoms with Crippen molar-refractivity contribution in [3.05, 3.63) is 18.2 Å². The Morgan fingerprint density at radius 3 is 2.82 bits per heavy atom. The Balaban J connectivity index is 1.53. The van der Waals surface area contributed by atoms with Crippen LogP contribution in [0.1, 0.15) is 44.3 Å².